The van der Waals surface area contributed by atoms with Crippen LogP contribution in [0.1, 0.15) is 90.2 Å². The third kappa shape index (κ3) is 21.3. The van der Waals surface area contributed by atoms with Crippen LogP contribution in [0.3, 0.4) is 0 Å². The third-order valence-electron chi connectivity index (χ3n) is 13.7. The number of likely N-dealkylation sites (tertiary alicyclic amines) is 2. The van der Waals surface area contributed by atoms with E-state index >= 15 is 0 Å². The molecule has 34 nitrogen and oxygen atoms in total. The topological polar surface area (TPSA) is 556 Å². The maximum absolute atomic E-state index is 14.1. The number of amides is 10. The van der Waals surface area contributed by atoms with Crippen LogP contribution >= 0.6 is 0 Å². The van der Waals surface area contributed by atoms with Crippen molar-refractivity contribution in [3.8, 4) is 0 Å². The second-order valence-electron chi connectivity index (χ2n) is 20.1. The van der Waals surface area contributed by atoms with Crippen LogP contribution in [-0.2, 0) is 64.0 Å². The fraction of sp³-hybridized carbons (Fsp3) is 0.694. The first kappa shape index (κ1) is 69.8. The maximum Gasteiger partial charge on any atom is 0.328 e. The second-order valence-corrected chi connectivity index (χ2v) is 20.1. The number of hydrogen-bond donors (Lipinski definition) is 19. The van der Waals surface area contributed by atoms with E-state index < -0.39 is 182 Å². The number of aromatic nitrogens is 2. The Labute approximate surface area is 476 Å². The quantitative estimate of drug-likeness (QED) is 0.0277. The van der Waals surface area contributed by atoms with E-state index in [4.69, 9.17) is 17.2 Å². The lowest BCUT2D eigenvalue weighted by molar-refractivity contribution is -0.149. The number of imidazole rings is 1. The fourth-order valence-electron chi connectivity index (χ4n) is 9.09. The van der Waals surface area contributed by atoms with Crippen molar-refractivity contribution in [3.05, 3.63) is 18.2 Å². The normalized spacial score (nSPS) is 18.9. The third-order valence-corrected chi connectivity index (χ3v) is 13.7. The number of carboxylic acid groups (broad SMARTS) is 2. The second kappa shape index (κ2) is 34.8. The molecule has 13 atom stereocenters. The van der Waals surface area contributed by atoms with E-state index in [1.807, 2.05) is 0 Å². The minimum atomic E-state index is -1.92. The Morgan fingerprint density at radius 2 is 1.07 bits per heavy atom. The lowest BCUT2D eigenvalue weighted by Crippen LogP contribution is -2.63. The number of rotatable bonds is 36. The molecule has 0 radical (unpaired) electrons. The predicted octanol–water partition coefficient (Wildman–Crippen LogP) is -9.30. The zero-order valence-corrected chi connectivity index (χ0v) is 46.2. The van der Waals surface area contributed by atoms with Crippen LogP contribution in [0.2, 0.25) is 0 Å². The molecule has 1 aromatic heterocycles. The Hall–Kier alpha value is -7.47. The highest BCUT2D eigenvalue weighted by Gasteiger charge is 2.45. The van der Waals surface area contributed by atoms with Gasteiger partial charge in [-0.3, -0.25) is 52.7 Å². The number of hydrogen-bond acceptors (Lipinski definition) is 21. The molecule has 3 heterocycles. The molecule has 466 valence electrons. The predicted molar refractivity (Wildman–Crippen MR) is 286 cm³/mol. The van der Waals surface area contributed by atoms with E-state index in [-0.39, 0.29) is 63.9 Å². The van der Waals surface area contributed by atoms with Crippen LogP contribution in [0.5, 0.6) is 0 Å². The van der Waals surface area contributed by atoms with Crippen molar-refractivity contribution < 1.29 is 93.3 Å². The molecule has 83 heavy (non-hydrogen) atoms. The zero-order valence-electron chi connectivity index (χ0n) is 46.2. The Bertz CT molecular complexity index is 2380. The summed E-state index contributed by atoms with van der Waals surface area (Å²) in [5, 5.41) is 88.5. The lowest BCUT2D eigenvalue weighted by atomic mass is 10.0. The van der Waals surface area contributed by atoms with Crippen LogP contribution in [0.15, 0.2) is 12.5 Å². The number of nitrogens with one attached hydrogen (secondary N) is 9. The Kier molecular flexibility index (Phi) is 29.3. The molecule has 10 amide bonds. The summed E-state index contributed by atoms with van der Waals surface area (Å²) in [7, 11) is 0. The van der Waals surface area contributed by atoms with E-state index in [2.05, 4.69) is 52.5 Å². The highest BCUT2D eigenvalue weighted by molar-refractivity contribution is 6.00. The van der Waals surface area contributed by atoms with Crippen molar-refractivity contribution in [2.75, 3.05) is 46.0 Å². The molecule has 3 rings (SSSR count). The van der Waals surface area contributed by atoms with Crippen molar-refractivity contribution in [2.45, 2.75) is 170 Å². The minimum absolute atomic E-state index is 0.0312. The number of unbranched alkanes of at least 4 members (excludes halogenated alkanes) is 2. The van der Waals surface area contributed by atoms with E-state index in [1.54, 1.807) is 0 Å². The number of carbonyl (C=O) groups excluding carboxylic acids is 10. The van der Waals surface area contributed by atoms with Crippen LogP contribution in [0.4, 0.5) is 0 Å². The van der Waals surface area contributed by atoms with Gasteiger partial charge in [0.1, 0.15) is 60.4 Å². The molecule has 0 aliphatic carbocycles. The molecule has 2 fully saturated rings. The summed E-state index contributed by atoms with van der Waals surface area (Å²) in [4.78, 5) is 169. The van der Waals surface area contributed by atoms with Crippen LogP contribution in [0.25, 0.3) is 0 Å². The maximum atomic E-state index is 14.1. The molecule has 22 N–H and O–H groups in total. The summed E-state index contributed by atoms with van der Waals surface area (Å²) in [5.74, 6) is -13.6. The Morgan fingerprint density at radius 3 is 1.59 bits per heavy atom. The smallest absolute Gasteiger partial charge is 0.328 e. The number of aromatic amines is 1. The number of nitrogens with two attached hydrogens (primary N) is 3. The molecule has 0 spiro atoms. The van der Waals surface area contributed by atoms with Crippen LogP contribution in [-0.4, -0.2) is 251 Å². The van der Waals surface area contributed by atoms with Crippen LogP contribution in [0, 0.1) is 0 Å². The molecule has 0 bridgehead atoms. The van der Waals surface area contributed by atoms with Crippen molar-refractivity contribution in [3.63, 3.8) is 0 Å². The monoisotopic (exact) mass is 1180 g/mol. The van der Waals surface area contributed by atoms with Gasteiger partial charge in [-0.05, 0) is 84.7 Å². The van der Waals surface area contributed by atoms with Crippen molar-refractivity contribution in [1.82, 2.24) is 62.3 Å². The van der Waals surface area contributed by atoms with Gasteiger partial charge >= 0.3 is 11.9 Å². The van der Waals surface area contributed by atoms with Crippen molar-refractivity contribution >= 4 is 71.0 Å². The number of aliphatic hydroxyl groups is 5. The van der Waals surface area contributed by atoms with Crippen LogP contribution < -0.4 is 59.7 Å². The van der Waals surface area contributed by atoms with Crippen molar-refractivity contribution in [2.24, 2.45) is 17.2 Å². The number of aliphatic hydroxyl groups excluding tert-OH is 5. The van der Waals surface area contributed by atoms with E-state index in [1.165, 1.54) is 17.4 Å². The van der Waals surface area contributed by atoms with Gasteiger partial charge in [0.05, 0.1) is 56.5 Å². The number of carbonyl (C=O) groups is 12. The largest absolute Gasteiger partial charge is 0.481 e. The first-order chi connectivity index (χ1) is 39.3. The molecule has 34 heteroatoms. The number of carboxylic acids is 2. The minimum Gasteiger partial charge on any atom is -0.481 e. The summed E-state index contributed by atoms with van der Waals surface area (Å²) >= 11 is 0. The van der Waals surface area contributed by atoms with Gasteiger partial charge in [0.15, 0.2) is 0 Å². The molecule has 1 aromatic rings. The highest BCUT2D eigenvalue weighted by atomic mass is 16.4. The zero-order chi connectivity index (χ0) is 62.1. The molecule has 0 unspecified atom stereocenters. The van der Waals surface area contributed by atoms with E-state index in [0.29, 0.717) is 32.2 Å². The summed E-state index contributed by atoms with van der Waals surface area (Å²) < 4.78 is 0. The molecule has 0 aromatic carbocycles. The van der Waals surface area contributed by atoms with E-state index in [0.717, 1.165) is 18.7 Å². The van der Waals surface area contributed by atoms with Gasteiger partial charge in [0.2, 0.25) is 59.1 Å². The average Bonchev–Trinajstić information content (AvgIpc) is 4.46. The first-order valence-electron chi connectivity index (χ1n) is 27.1. The van der Waals surface area contributed by atoms with Gasteiger partial charge in [-0.2, -0.15) is 0 Å². The Balaban J connectivity index is 1.80. The molecule has 0 saturated carbocycles. The highest BCUT2D eigenvalue weighted by Crippen LogP contribution is 2.26. The number of nitrogens with zero attached hydrogens (tertiary/aromatic N) is 3. The van der Waals surface area contributed by atoms with Crippen molar-refractivity contribution in [1.29, 1.82) is 0 Å². The fourth-order valence-corrected chi connectivity index (χ4v) is 9.09. The molecular formula is C49H81N15O19. The number of aliphatic carboxylic acids is 2. The summed E-state index contributed by atoms with van der Waals surface area (Å²) in [6.45, 7) is -0.276. The Morgan fingerprint density at radius 1 is 0.590 bits per heavy atom. The summed E-state index contributed by atoms with van der Waals surface area (Å²) in [6.07, 6.45) is -0.0612. The van der Waals surface area contributed by atoms with E-state index in [9.17, 15) is 93.3 Å². The van der Waals surface area contributed by atoms with Gasteiger partial charge in [-0.15, -0.1) is 0 Å². The lowest BCUT2D eigenvalue weighted by Gasteiger charge is -2.33. The SMILES string of the molecule is C[C@@H](O)[C@H](NC(=O)[C@H](CCCCN)NC(=O)[C@H](CC(=O)O)NC(=O)[C@H](CO)NC(=O)[C@@H](N)CCCCN)C(=O)N[C@@H](Cc1c[nH]cn1)C(=O)N[C@H](C(=O)N[C@@H](CO)C(=O)N1CCC[C@H]1C(=O)N1CCC[C@H]1C(=O)N[C@@H](CO)C(=O)O)[C@@H](C)O. The molecule has 2 aliphatic rings. The van der Waals surface area contributed by atoms with Gasteiger partial charge in [0, 0.05) is 25.7 Å². The van der Waals surface area contributed by atoms with Gasteiger partial charge < -0.3 is 110 Å². The summed E-state index contributed by atoms with van der Waals surface area (Å²) in [5.41, 5.74) is 17.2. The van der Waals surface area contributed by atoms with Gasteiger partial charge in [-0.1, -0.05) is 6.42 Å². The molecule has 2 saturated heterocycles. The van der Waals surface area contributed by atoms with Gasteiger partial charge in [-0.25, -0.2) is 9.78 Å². The van der Waals surface area contributed by atoms with Gasteiger partial charge in [0.25, 0.3) is 0 Å². The molecule has 2 aliphatic heterocycles. The average molecular weight is 1180 g/mol. The first-order valence-corrected chi connectivity index (χ1v) is 27.1. The number of H-pyrrole nitrogens is 1. The molecular weight excluding hydrogens is 1100 g/mol. The summed E-state index contributed by atoms with van der Waals surface area (Å²) in [6, 6.07) is -17.6. The standard InChI is InChI=1S/C49H81N15O19/c1-24(68)37(61-40(73)28(10-4-6-14-51)55-41(74)30(18-36(70)71)56-43(76)31(20-65)58-39(72)27(52)9-3-5-13-50)45(78)57-29(17-26-19-53-23-54-26)42(75)62-38(25(2)69)46(79)59-32(21-66)47(80)64-16-8-12-35(64)48(81)63-15-7-11-34(63)44(77)60-33(22-67)49(82)83/h19,23-25,27-35,37-38,65-69H,3-18,20-22,50-52H2,1-2H3,(H,53,54)(H,55,74)(H,56,76)(H,57,78)(H,58,72)(H,59,79)(H,60,77)(H,61,73)(H,62,75)(H,70,71)(H,82,83)/t24-,25-,27+,28+,29+,30+,31+,32+,33+,34+,35+,37+,38+/m1/s1.